The van der Waals surface area contributed by atoms with E-state index in [0.29, 0.717) is 0 Å². The van der Waals surface area contributed by atoms with Gasteiger partial charge in [-0.25, -0.2) is 0 Å². The predicted octanol–water partition coefficient (Wildman–Crippen LogP) is 3.65. The Hall–Kier alpha value is -1.61. The normalized spacial score (nSPS) is 14.9. The van der Waals surface area contributed by atoms with Crippen molar-refractivity contribution in [2.75, 3.05) is 6.54 Å². The molecule has 2 nitrogen and oxygen atoms in total. The first kappa shape index (κ1) is 12.4. The molecule has 2 aromatic rings. The molecule has 3 heteroatoms. The first-order chi connectivity index (χ1) is 9.24. The quantitative estimate of drug-likeness (QED) is 0.775. The topological polar surface area (TPSA) is 20.3 Å². The molecule has 0 aliphatic carbocycles. The van der Waals surface area contributed by atoms with Gasteiger partial charge in [0.25, 0.3) is 5.91 Å². The van der Waals surface area contributed by atoms with E-state index in [9.17, 15) is 4.79 Å². The fourth-order valence-corrected chi connectivity index (χ4v) is 3.31. The van der Waals surface area contributed by atoms with Crippen LogP contribution < -0.4 is 0 Å². The lowest BCUT2D eigenvalue weighted by Gasteiger charge is -2.20. The van der Waals surface area contributed by atoms with Gasteiger partial charge < -0.3 is 4.90 Å². The molecule has 0 atom stereocenters. The van der Waals surface area contributed by atoms with Crippen molar-refractivity contribution in [2.24, 2.45) is 0 Å². The first-order valence-corrected chi connectivity index (χ1v) is 7.53. The number of hydrogen-bond acceptors (Lipinski definition) is 2. The summed E-state index contributed by atoms with van der Waals surface area (Å²) in [4.78, 5) is 15.2. The minimum absolute atomic E-state index is 0.170. The molecule has 19 heavy (non-hydrogen) atoms. The number of nitrogens with zero attached hydrogens (tertiary/aromatic N) is 1. The number of amides is 1. The van der Waals surface area contributed by atoms with Crippen LogP contribution in [-0.4, -0.2) is 17.4 Å². The van der Waals surface area contributed by atoms with Crippen molar-refractivity contribution < 1.29 is 4.79 Å². The number of fused-ring (bicyclic) bond motifs is 1. The van der Waals surface area contributed by atoms with Crippen molar-refractivity contribution in [1.29, 1.82) is 0 Å². The summed E-state index contributed by atoms with van der Waals surface area (Å²) in [6, 6.07) is 10.4. The molecule has 0 saturated heterocycles. The molecule has 0 fully saturated rings. The molecule has 1 amide bonds. The van der Waals surface area contributed by atoms with Crippen molar-refractivity contribution in [3.63, 3.8) is 0 Å². The van der Waals surface area contributed by atoms with E-state index >= 15 is 0 Å². The lowest BCUT2D eigenvalue weighted by Crippen LogP contribution is -2.30. The molecule has 0 N–H and O–H groups in total. The van der Waals surface area contributed by atoms with Gasteiger partial charge in [0, 0.05) is 13.1 Å². The average Bonchev–Trinajstić information content (AvgIpc) is 2.85. The molecule has 3 rings (SSSR count). The van der Waals surface area contributed by atoms with Crippen LogP contribution in [0.2, 0.25) is 0 Å². The van der Waals surface area contributed by atoms with Crippen molar-refractivity contribution in [2.45, 2.75) is 26.3 Å². The van der Waals surface area contributed by atoms with Crippen molar-refractivity contribution in [1.82, 2.24) is 4.90 Å². The highest BCUT2D eigenvalue weighted by Gasteiger charge is 2.20. The standard InChI is InChI=1S/C16H17NOS/c1-12-6-7-14-11-17(8-2-4-13(14)10-12)16(18)15-5-3-9-19-15/h3,5-7,9-10H,2,4,8,11H2,1H3. The van der Waals surface area contributed by atoms with E-state index in [1.54, 1.807) is 0 Å². The van der Waals surface area contributed by atoms with Crippen molar-refractivity contribution >= 4 is 17.2 Å². The second-order valence-corrected chi connectivity index (χ2v) is 6.03. The minimum Gasteiger partial charge on any atom is -0.334 e. The van der Waals surface area contributed by atoms with E-state index in [2.05, 4.69) is 25.1 Å². The van der Waals surface area contributed by atoms with Gasteiger partial charge in [-0.15, -0.1) is 11.3 Å². The minimum atomic E-state index is 0.170. The number of rotatable bonds is 1. The van der Waals surface area contributed by atoms with Crippen LogP contribution >= 0.6 is 11.3 Å². The fraction of sp³-hybridized carbons (Fsp3) is 0.312. The molecule has 0 saturated carbocycles. The van der Waals surface area contributed by atoms with Crippen LogP contribution in [0.1, 0.15) is 32.8 Å². The lowest BCUT2D eigenvalue weighted by molar-refractivity contribution is 0.0751. The van der Waals surface area contributed by atoms with Crippen LogP contribution in [-0.2, 0) is 13.0 Å². The molecule has 0 unspecified atom stereocenters. The van der Waals surface area contributed by atoms with Crippen LogP contribution in [0.15, 0.2) is 35.7 Å². The monoisotopic (exact) mass is 271 g/mol. The largest absolute Gasteiger partial charge is 0.334 e. The Kier molecular flexibility index (Phi) is 3.38. The zero-order valence-corrected chi connectivity index (χ0v) is 11.9. The molecule has 0 bridgehead atoms. The molecule has 0 radical (unpaired) electrons. The Morgan fingerprint density at radius 2 is 2.16 bits per heavy atom. The molecular weight excluding hydrogens is 254 g/mol. The third-order valence-corrected chi connectivity index (χ3v) is 4.47. The van der Waals surface area contributed by atoms with E-state index < -0.39 is 0 Å². The molecule has 2 heterocycles. The van der Waals surface area contributed by atoms with E-state index in [1.165, 1.54) is 28.0 Å². The summed E-state index contributed by atoms with van der Waals surface area (Å²) in [6.07, 6.45) is 2.12. The van der Waals surface area contributed by atoms with E-state index in [-0.39, 0.29) is 5.91 Å². The molecular formula is C16H17NOS. The van der Waals surface area contributed by atoms with Crippen LogP contribution in [0.3, 0.4) is 0 Å². The Morgan fingerprint density at radius 1 is 1.26 bits per heavy atom. The fourth-order valence-electron chi connectivity index (χ4n) is 2.62. The summed E-state index contributed by atoms with van der Waals surface area (Å²) in [5.41, 5.74) is 4.01. The summed E-state index contributed by atoms with van der Waals surface area (Å²) in [5.74, 6) is 0.170. The maximum Gasteiger partial charge on any atom is 0.264 e. The third-order valence-electron chi connectivity index (χ3n) is 3.62. The summed E-state index contributed by atoms with van der Waals surface area (Å²) in [6.45, 7) is 3.72. The highest BCUT2D eigenvalue weighted by atomic mass is 32.1. The van der Waals surface area contributed by atoms with Gasteiger partial charge in [0.05, 0.1) is 4.88 Å². The Labute approximate surface area is 117 Å². The molecule has 1 aliphatic rings. The van der Waals surface area contributed by atoms with Gasteiger partial charge in [-0.1, -0.05) is 29.8 Å². The predicted molar refractivity (Wildman–Crippen MR) is 78.6 cm³/mol. The van der Waals surface area contributed by atoms with Gasteiger partial charge in [0.2, 0.25) is 0 Å². The van der Waals surface area contributed by atoms with Gasteiger partial charge in [0.1, 0.15) is 0 Å². The highest BCUT2D eigenvalue weighted by Crippen LogP contribution is 2.22. The number of aryl methyl sites for hydroxylation is 2. The molecule has 1 aromatic heterocycles. The lowest BCUT2D eigenvalue weighted by atomic mass is 10.0. The Morgan fingerprint density at radius 3 is 2.95 bits per heavy atom. The number of thiophene rings is 1. The number of hydrogen-bond donors (Lipinski definition) is 0. The number of carbonyl (C=O) groups is 1. The Bertz CT molecular complexity index is 589. The summed E-state index contributed by atoms with van der Waals surface area (Å²) in [7, 11) is 0. The van der Waals surface area contributed by atoms with Gasteiger partial charge in [-0.2, -0.15) is 0 Å². The average molecular weight is 271 g/mol. The molecule has 0 spiro atoms. The van der Waals surface area contributed by atoms with Crippen molar-refractivity contribution in [3.05, 3.63) is 57.3 Å². The summed E-state index contributed by atoms with van der Waals surface area (Å²) >= 11 is 1.52. The second kappa shape index (κ2) is 5.17. The SMILES string of the molecule is Cc1ccc2c(c1)CCCN(C(=O)c1cccs1)C2. The third kappa shape index (κ3) is 2.56. The first-order valence-electron chi connectivity index (χ1n) is 6.65. The van der Waals surface area contributed by atoms with Crippen LogP contribution in [0, 0.1) is 6.92 Å². The molecule has 1 aromatic carbocycles. The van der Waals surface area contributed by atoms with Gasteiger partial charge in [0.15, 0.2) is 0 Å². The second-order valence-electron chi connectivity index (χ2n) is 5.08. The zero-order chi connectivity index (χ0) is 13.2. The van der Waals surface area contributed by atoms with E-state index in [1.807, 2.05) is 22.4 Å². The zero-order valence-electron chi connectivity index (χ0n) is 11.1. The van der Waals surface area contributed by atoms with Crippen LogP contribution in [0.5, 0.6) is 0 Å². The Balaban J connectivity index is 1.86. The van der Waals surface area contributed by atoms with Gasteiger partial charge >= 0.3 is 0 Å². The molecule has 1 aliphatic heterocycles. The van der Waals surface area contributed by atoms with Crippen LogP contribution in [0.4, 0.5) is 0 Å². The summed E-state index contributed by atoms with van der Waals surface area (Å²) < 4.78 is 0. The van der Waals surface area contributed by atoms with Crippen LogP contribution in [0.25, 0.3) is 0 Å². The maximum atomic E-state index is 12.4. The number of benzene rings is 1. The smallest absolute Gasteiger partial charge is 0.264 e. The molecule has 98 valence electrons. The maximum absolute atomic E-state index is 12.4. The van der Waals surface area contributed by atoms with E-state index in [4.69, 9.17) is 0 Å². The van der Waals surface area contributed by atoms with Crippen molar-refractivity contribution in [3.8, 4) is 0 Å². The van der Waals surface area contributed by atoms with Gasteiger partial charge in [-0.3, -0.25) is 4.79 Å². The highest BCUT2D eigenvalue weighted by molar-refractivity contribution is 7.12. The number of carbonyl (C=O) groups excluding carboxylic acids is 1. The summed E-state index contributed by atoms with van der Waals surface area (Å²) in [5, 5.41) is 1.96. The van der Waals surface area contributed by atoms with Gasteiger partial charge in [-0.05, 0) is 42.3 Å². The van der Waals surface area contributed by atoms with E-state index in [0.717, 1.165) is 30.8 Å².